The largest absolute Gasteiger partial charge is 0.455 e. The van der Waals surface area contributed by atoms with E-state index < -0.39 is 0 Å². The Labute approximate surface area is 171 Å². The fourth-order valence-electron chi connectivity index (χ4n) is 3.28. The molecule has 0 saturated heterocycles. The molecule has 1 amide bonds. The van der Waals surface area contributed by atoms with Crippen LogP contribution in [0.3, 0.4) is 0 Å². The highest BCUT2D eigenvalue weighted by molar-refractivity contribution is 6.30. The van der Waals surface area contributed by atoms with Gasteiger partial charge in [-0.15, -0.1) is 0 Å². The van der Waals surface area contributed by atoms with Crippen LogP contribution in [0.1, 0.15) is 40.3 Å². The Bertz CT molecular complexity index is 1080. The Morgan fingerprint density at radius 2 is 2.00 bits per heavy atom. The molecule has 8 heteroatoms. The van der Waals surface area contributed by atoms with Gasteiger partial charge in [0.25, 0.3) is 5.91 Å². The number of amides is 1. The van der Waals surface area contributed by atoms with Crippen LogP contribution in [0.4, 0.5) is 15.9 Å². The van der Waals surface area contributed by atoms with E-state index in [1.165, 1.54) is 18.3 Å². The monoisotopic (exact) mass is 412 g/mol. The topological polar surface area (TPSA) is 79.5 Å². The summed E-state index contributed by atoms with van der Waals surface area (Å²) in [5.41, 5.74) is 6.01. The molecule has 2 aromatic heterocycles. The van der Waals surface area contributed by atoms with E-state index in [0.29, 0.717) is 16.5 Å². The Morgan fingerprint density at radius 3 is 2.72 bits per heavy atom. The molecule has 148 valence electrons. The van der Waals surface area contributed by atoms with Crippen molar-refractivity contribution in [1.29, 1.82) is 0 Å². The van der Waals surface area contributed by atoms with Crippen LogP contribution < -0.4 is 10.7 Å². The SMILES string of the molecule is Cc1c(C(=O)Nc2ccc(Cl)cn2)oc2c1/C(=N/Nc1ccc(F)cc1)CCC2. The molecule has 0 fully saturated rings. The minimum atomic E-state index is -0.377. The van der Waals surface area contributed by atoms with Gasteiger partial charge >= 0.3 is 0 Å². The van der Waals surface area contributed by atoms with Crippen molar-refractivity contribution in [2.45, 2.75) is 26.2 Å². The summed E-state index contributed by atoms with van der Waals surface area (Å²) in [4.78, 5) is 16.8. The van der Waals surface area contributed by atoms with Crippen LogP contribution >= 0.6 is 11.6 Å². The minimum Gasteiger partial charge on any atom is -0.455 e. The van der Waals surface area contributed by atoms with Crippen LogP contribution in [0, 0.1) is 12.7 Å². The Hall–Kier alpha value is -3.19. The molecule has 1 aromatic carbocycles. The van der Waals surface area contributed by atoms with Crippen molar-refractivity contribution in [3.8, 4) is 0 Å². The lowest BCUT2D eigenvalue weighted by Gasteiger charge is -2.13. The second-order valence-electron chi connectivity index (χ2n) is 6.70. The highest BCUT2D eigenvalue weighted by Gasteiger charge is 2.28. The minimum absolute atomic E-state index is 0.239. The van der Waals surface area contributed by atoms with Crippen LogP contribution in [0.25, 0.3) is 0 Å². The number of aryl methyl sites for hydroxylation is 1. The maximum Gasteiger partial charge on any atom is 0.292 e. The van der Waals surface area contributed by atoms with Gasteiger partial charge in [-0.25, -0.2) is 9.37 Å². The lowest BCUT2D eigenvalue weighted by atomic mass is 9.93. The maximum absolute atomic E-state index is 13.1. The van der Waals surface area contributed by atoms with Crippen molar-refractivity contribution in [3.05, 3.63) is 76.1 Å². The molecule has 2 heterocycles. The molecule has 2 N–H and O–H groups in total. The number of carbonyl (C=O) groups is 1. The molecule has 29 heavy (non-hydrogen) atoms. The van der Waals surface area contributed by atoms with Crippen molar-refractivity contribution < 1.29 is 13.6 Å². The van der Waals surface area contributed by atoms with Gasteiger partial charge in [-0.3, -0.25) is 10.2 Å². The summed E-state index contributed by atoms with van der Waals surface area (Å²) in [6.45, 7) is 1.84. The Morgan fingerprint density at radius 1 is 1.21 bits per heavy atom. The lowest BCUT2D eigenvalue weighted by Crippen LogP contribution is -2.15. The number of aromatic nitrogens is 1. The predicted octanol–water partition coefficient (Wildman–Crippen LogP) is 5.18. The molecule has 3 aromatic rings. The second kappa shape index (κ2) is 8.05. The van der Waals surface area contributed by atoms with Crippen molar-refractivity contribution in [1.82, 2.24) is 4.98 Å². The predicted molar refractivity (Wildman–Crippen MR) is 110 cm³/mol. The zero-order valence-electron chi connectivity index (χ0n) is 15.6. The lowest BCUT2D eigenvalue weighted by molar-refractivity contribution is 0.0993. The average molecular weight is 413 g/mol. The number of halogens is 2. The summed E-state index contributed by atoms with van der Waals surface area (Å²) in [7, 11) is 0. The standard InChI is InChI=1S/C21H18ClFN4O2/c1-12-19-16(27-26-15-8-6-14(23)7-9-15)3-2-4-17(19)29-20(12)21(28)25-18-10-5-13(22)11-24-18/h5-11,26H,2-4H2,1H3,(H,24,25,28)/b27-16+. The van der Waals surface area contributed by atoms with E-state index in [0.717, 1.165) is 41.9 Å². The summed E-state index contributed by atoms with van der Waals surface area (Å²) in [6.07, 6.45) is 3.81. The normalized spacial score (nSPS) is 14.5. The van der Waals surface area contributed by atoms with E-state index in [-0.39, 0.29) is 17.5 Å². The molecule has 0 spiro atoms. The van der Waals surface area contributed by atoms with E-state index in [1.807, 2.05) is 6.92 Å². The Kier molecular flexibility index (Phi) is 5.31. The number of pyridine rings is 1. The number of hydrogen-bond donors (Lipinski definition) is 2. The van der Waals surface area contributed by atoms with Crippen LogP contribution in [-0.2, 0) is 6.42 Å². The maximum atomic E-state index is 13.1. The number of benzene rings is 1. The first-order chi connectivity index (χ1) is 14.0. The summed E-state index contributed by atoms with van der Waals surface area (Å²) in [5, 5.41) is 7.69. The summed E-state index contributed by atoms with van der Waals surface area (Å²) < 4.78 is 18.9. The third-order valence-corrected chi connectivity index (χ3v) is 4.89. The van der Waals surface area contributed by atoms with Gasteiger partial charge in [0.15, 0.2) is 5.76 Å². The molecule has 4 rings (SSSR count). The molecule has 0 saturated carbocycles. The molecule has 1 aliphatic carbocycles. The number of rotatable bonds is 4. The van der Waals surface area contributed by atoms with Crippen LogP contribution in [0.2, 0.25) is 5.02 Å². The number of furan rings is 1. The molecule has 0 radical (unpaired) electrons. The summed E-state index contributed by atoms with van der Waals surface area (Å²) in [6, 6.07) is 9.23. The number of fused-ring (bicyclic) bond motifs is 1. The van der Waals surface area contributed by atoms with E-state index in [9.17, 15) is 9.18 Å². The van der Waals surface area contributed by atoms with Crippen molar-refractivity contribution in [2.24, 2.45) is 5.10 Å². The number of hydrazone groups is 1. The molecule has 6 nitrogen and oxygen atoms in total. The van der Waals surface area contributed by atoms with Crippen LogP contribution in [0.5, 0.6) is 0 Å². The van der Waals surface area contributed by atoms with Gasteiger partial charge in [-0.05, 0) is 56.2 Å². The van der Waals surface area contributed by atoms with Crippen LogP contribution in [-0.4, -0.2) is 16.6 Å². The molecular weight excluding hydrogens is 395 g/mol. The Balaban J connectivity index is 1.58. The molecular formula is C21H18ClFN4O2. The van der Waals surface area contributed by atoms with Crippen molar-refractivity contribution in [2.75, 3.05) is 10.7 Å². The smallest absolute Gasteiger partial charge is 0.292 e. The van der Waals surface area contributed by atoms with Crippen LogP contribution in [0.15, 0.2) is 52.1 Å². The van der Waals surface area contributed by atoms with E-state index in [4.69, 9.17) is 16.0 Å². The third-order valence-electron chi connectivity index (χ3n) is 4.67. The highest BCUT2D eigenvalue weighted by atomic mass is 35.5. The average Bonchev–Trinajstić information content (AvgIpc) is 3.07. The second-order valence-corrected chi connectivity index (χ2v) is 7.14. The molecule has 0 unspecified atom stereocenters. The number of nitrogens with zero attached hydrogens (tertiary/aromatic N) is 2. The van der Waals surface area contributed by atoms with Gasteiger partial charge in [0.1, 0.15) is 17.4 Å². The highest BCUT2D eigenvalue weighted by Crippen LogP contribution is 2.30. The zero-order valence-corrected chi connectivity index (χ0v) is 16.4. The van der Waals surface area contributed by atoms with E-state index in [2.05, 4.69) is 20.8 Å². The zero-order chi connectivity index (χ0) is 20.4. The third kappa shape index (κ3) is 4.14. The fraction of sp³-hybridized carbons (Fsp3) is 0.190. The number of hydrogen-bond acceptors (Lipinski definition) is 5. The van der Waals surface area contributed by atoms with Gasteiger partial charge in [-0.2, -0.15) is 5.10 Å². The first-order valence-electron chi connectivity index (χ1n) is 9.15. The number of carbonyl (C=O) groups excluding carboxylic acids is 1. The van der Waals surface area contributed by atoms with Crippen molar-refractivity contribution >= 4 is 34.7 Å². The first-order valence-corrected chi connectivity index (χ1v) is 9.53. The molecule has 1 aliphatic rings. The molecule has 0 aliphatic heterocycles. The summed E-state index contributed by atoms with van der Waals surface area (Å²) >= 11 is 5.83. The van der Waals surface area contributed by atoms with Gasteiger partial charge in [-0.1, -0.05) is 11.6 Å². The molecule has 0 atom stereocenters. The number of anilines is 2. The van der Waals surface area contributed by atoms with Gasteiger partial charge in [0.05, 0.1) is 16.4 Å². The number of nitrogens with one attached hydrogen (secondary N) is 2. The molecule has 0 bridgehead atoms. The van der Waals surface area contributed by atoms with E-state index in [1.54, 1.807) is 24.3 Å². The van der Waals surface area contributed by atoms with Crippen molar-refractivity contribution in [3.63, 3.8) is 0 Å². The van der Waals surface area contributed by atoms with Gasteiger partial charge in [0, 0.05) is 23.7 Å². The summed E-state index contributed by atoms with van der Waals surface area (Å²) in [5.74, 6) is 0.683. The van der Waals surface area contributed by atoms with Gasteiger partial charge in [0.2, 0.25) is 0 Å². The van der Waals surface area contributed by atoms with E-state index >= 15 is 0 Å². The van der Waals surface area contributed by atoms with Gasteiger partial charge < -0.3 is 9.73 Å². The quantitative estimate of drug-likeness (QED) is 0.578. The fourth-order valence-corrected chi connectivity index (χ4v) is 3.39. The first kappa shape index (κ1) is 19.1.